The summed E-state index contributed by atoms with van der Waals surface area (Å²) in [5.74, 6) is -0.572. The second-order valence-electron chi connectivity index (χ2n) is 4.73. The van der Waals surface area contributed by atoms with Crippen molar-refractivity contribution in [2.75, 3.05) is 11.9 Å². The fourth-order valence-corrected chi connectivity index (χ4v) is 2.50. The summed E-state index contributed by atoms with van der Waals surface area (Å²) in [4.78, 5) is 1.74. The van der Waals surface area contributed by atoms with Gasteiger partial charge in [-0.1, -0.05) is 40.2 Å². The van der Waals surface area contributed by atoms with Crippen LogP contribution in [-0.2, 0) is 5.33 Å². The Labute approximate surface area is 126 Å². The first kappa shape index (κ1) is 15.0. The molecule has 1 unspecified atom stereocenters. The Morgan fingerprint density at radius 3 is 2.40 bits per heavy atom. The van der Waals surface area contributed by atoms with Gasteiger partial charge >= 0.3 is 0 Å². The van der Waals surface area contributed by atoms with Gasteiger partial charge in [-0.05, 0) is 30.7 Å². The fourth-order valence-electron chi connectivity index (χ4n) is 2.15. The lowest BCUT2D eigenvalue weighted by Crippen LogP contribution is -2.23. The van der Waals surface area contributed by atoms with Crippen LogP contribution >= 0.6 is 15.9 Å². The van der Waals surface area contributed by atoms with Crippen molar-refractivity contribution in [3.05, 3.63) is 65.2 Å². The molecule has 0 N–H and O–H groups in total. The topological polar surface area (TPSA) is 3.24 Å². The van der Waals surface area contributed by atoms with E-state index in [1.165, 1.54) is 12.1 Å². The van der Waals surface area contributed by atoms with Gasteiger partial charge in [0.05, 0.1) is 11.7 Å². The number of anilines is 1. The maximum Gasteiger partial charge on any atom is 0.146 e. The molecule has 2 aromatic rings. The van der Waals surface area contributed by atoms with Gasteiger partial charge in [0.1, 0.15) is 11.6 Å². The Balaban J connectivity index is 2.31. The second kappa shape index (κ2) is 6.35. The van der Waals surface area contributed by atoms with Gasteiger partial charge in [-0.3, -0.25) is 0 Å². The van der Waals surface area contributed by atoms with Crippen LogP contribution in [0.4, 0.5) is 14.5 Å². The molecule has 0 amide bonds. The zero-order valence-corrected chi connectivity index (χ0v) is 13.0. The molecule has 0 aromatic heterocycles. The first-order chi connectivity index (χ1) is 9.54. The molecule has 0 heterocycles. The number of benzene rings is 2. The summed E-state index contributed by atoms with van der Waals surface area (Å²) in [5, 5.41) is 0.608. The lowest BCUT2D eigenvalue weighted by atomic mass is 10.1. The molecule has 0 radical (unpaired) electrons. The first-order valence-corrected chi connectivity index (χ1v) is 7.48. The normalized spacial score (nSPS) is 12.2. The lowest BCUT2D eigenvalue weighted by molar-refractivity contribution is 0.575. The third kappa shape index (κ3) is 3.01. The summed E-state index contributed by atoms with van der Waals surface area (Å²) in [6.07, 6.45) is 0. The average Bonchev–Trinajstić information content (AvgIpc) is 2.46. The SMILES string of the molecule is CC(c1ccccc1F)N(C)c1ccc(CBr)cc1F. The van der Waals surface area contributed by atoms with E-state index in [-0.39, 0.29) is 17.7 Å². The molecule has 2 aromatic carbocycles. The minimum absolute atomic E-state index is 0.250. The van der Waals surface area contributed by atoms with Gasteiger partial charge < -0.3 is 4.90 Å². The monoisotopic (exact) mass is 339 g/mol. The van der Waals surface area contributed by atoms with E-state index in [0.29, 0.717) is 16.6 Å². The third-order valence-corrected chi connectivity index (χ3v) is 4.13. The molecule has 0 saturated carbocycles. The molecule has 106 valence electrons. The van der Waals surface area contributed by atoms with Crippen LogP contribution in [0.3, 0.4) is 0 Å². The summed E-state index contributed by atoms with van der Waals surface area (Å²) in [6.45, 7) is 1.86. The largest absolute Gasteiger partial charge is 0.365 e. The highest BCUT2D eigenvalue weighted by Gasteiger charge is 2.18. The predicted octanol–water partition coefficient (Wildman–Crippen LogP) is 5.06. The van der Waals surface area contributed by atoms with Crippen LogP contribution in [0.25, 0.3) is 0 Å². The molecule has 0 bridgehead atoms. The molecule has 0 aliphatic carbocycles. The van der Waals surface area contributed by atoms with Gasteiger partial charge in [0.25, 0.3) is 0 Å². The zero-order valence-electron chi connectivity index (χ0n) is 11.4. The number of halogens is 3. The molecule has 0 aliphatic rings. The van der Waals surface area contributed by atoms with Crippen molar-refractivity contribution in [3.8, 4) is 0 Å². The van der Waals surface area contributed by atoms with E-state index in [9.17, 15) is 8.78 Å². The zero-order chi connectivity index (χ0) is 14.7. The van der Waals surface area contributed by atoms with E-state index < -0.39 is 0 Å². The smallest absolute Gasteiger partial charge is 0.146 e. The summed E-state index contributed by atoms with van der Waals surface area (Å²) in [5.41, 5.74) is 1.89. The standard InChI is InChI=1S/C16H16BrF2N/c1-11(13-5-3-4-6-14(13)18)20(2)16-8-7-12(10-17)9-15(16)19/h3-9,11H,10H2,1-2H3. The van der Waals surface area contributed by atoms with Gasteiger partial charge in [0.2, 0.25) is 0 Å². The molecule has 1 atom stereocenters. The van der Waals surface area contributed by atoms with Crippen molar-refractivity contribution in [1.82, 2.24) is 0 Å². The summed E-state index contributed by atoms with van der Waals surface area (Å²) < 4.78 is 27.9. The minimum atomic E-state index is -0.298. The van der Waals surface area contributed by atoms with Crippen LogP contribution in [-0.4, -0.2) is 7.05 Å². The quantitative estimate of drug-likeness (QED) is 0.704. The Morgan fingerprint density at radius 1 is 1.10 bits per heavy atom. The first-order valence-electron chi connectivity index (χ1n) is 6.36. The highest BCUT2D eigenvalue weighted by molar-refractivity contribution is 9.08. The number of nitrogens with zero attached hydrogens (tertiary/aromatic N) is 1. The number of alkyl halides is 1. The number of hydrogen-bond donors (Lipinski definition) is 0. The van der Waals surface area contributed by atoms with Gasteiger partial charge in [-0.25, -0.2) is 8.78 Å². The van der Waals surface area contributed by atoms with Crippen molar-refractivity contribution in [3.63, 3.8) is 0 Å². The maximum absolute atomic E-state index is 14.1. The molecule has 1 nitrogen and oxygen atoms in total. The van der Waals surface area contributed by atoms with Crippen molar-refractivity contribution in [2.45, 2.75) is 18.3 Å². The minimum Gasteiger partial charge on any atom is -0.365 e. The van der Waals surface area contributed by atoms with E-state index in [2.05, 4.69) is 15.9 Å². The Morgan fingerprint density at radius 2 is 1.80 bits per heavy atom. The molecular weight excluding hydrogens is 324 g/mol. The highest BCUT2D eigenvalue weighted by atomic mass is 79.9. The molecule has 0 saturated heterocycles. The van der Waals surface area contributed by atoms with Crippen LogP contribution < -0.4 is 4.90 Å². The van der Waals surface area contributed by atoms with Gasteiger partial charge in [0.15, 0.2) is 0 Å². The van der Waals surface area contributed by atoms with E-state index >= 15 is 0 Å². The Kier molecular flexibility index (Phi) is 4.76. The van der Waals surface area contributed by atoms with Gasteiger partial charge in [-0.2, -0.15) is 0 Å². The van der Waals surface area contributed by atoms with Crippen molar-refractivity contribution < 1.29 is 8.78 Å². The van der Waals surface area contributed by atoms with Crippen molar-refractivity contribution >= 4 is 21.6 Å². The van der Waals surface area contributed by atoms with E-state index in [0.717, 1.165) is 5.56 Å². The average molecular weight is 340 g/mol. The molecule has 0 aliphatic heterocycles. The molecule has 0 spiro atoms. The van der Waals surface area contributed by atoms with Gasteiger partial charge in [-0.15, -0.1) is 0 Å². The summed E-state index contributed by atoms with van der Waals surface area (Å²) in [7, 11) is 1.77. The highest BCUT2D eigenvalue weighted by Crippen LogP contribution is 2.29. The van der Waals surface area contributed by atoms with Crippen molar-refractivity contribution in [2.24, 2.45) is 0 Å². The van der Waals surface area contributed by atoms with Crippen LogP contribution in [0.15, 0.2) is 42.5 Å². The van der Waals surface area contributed by atoms with Crippen molar-refractivity contribution in [1.29, 1.82) is 0 Å². The molecule has 2 rings (SSSR count). The lowest BCUT2D eigenvalue weighted by Gasteiger charge is -2.28. The van der Waals surface area contributed by atoms with Crippen LogP contribution in [0.5, 0.6) is 0 Å². The second-order valence-corrected chi connectivity index (χ2v) is 5.29. The van der Waals surface area contributed by atoms with Gasteiger partial charge in [0, 0.05) is 17.9 Å². The summed E-state index contributed by atoms with van der Waals surface area (Å²) in [6, 6.07) is 11.4. The maximum atomic E-state index is 14.1. The van der Waals surface area contributed by atoms with Crippen LogP contribution in [0, 0.1) is 11.6 Å². The molecule has 20 heavy (non-hydrogen) atoms. The van der Waals surface area contributed by atoms with E-state index in [1.807, 2.05) is 13.0 Å². The predicted molar refractivity (Wildman–Crippen MR) is 82.2 cm³/mol. The van der Waals surface area contributed by atoms with E-state index in [1.54, 1.807) is 36.2 Å². The Hall–Kier alpha value is -1.42. The fraction of sp³-hybridized carbons (Fsp3) is 0.250. The molecule has 4 heteroatoms. The van der Waals surface area contributed by atoms with E-state index in [4.69, 9.17) is 0 Å². The summed E-state index contributed by atoms with van der Waals surface area (Å²) >= 11 is 3.30. The molecule has 0 fully saturated rings. The number of rotatable bonds is 4. The van der Waals surface area contributed by atoms with Crippen LogP contribution in [0.1, 0.15) is 24.1 Å². The molecular formula is C16H16BrF2N. The Bertz CT molecular complexity index is 601. The van der Waals surface area contributed by atoms with Crippen LogP contribution in [0.2, 0.25) is 0 Å². The number of hydrogen-bond acceptors (Lipinski definition) is 1. The third-order valence-electron chi connectivity index (χ3n) is 3.48.